The van der Waals surface area contributed by atoms with E-state index in [1.54, 1.807) is 0 Å². The molecule has 3 heterocycles. The molecule has 0 aliphatic carbocycles. The summed E-state index contributed by atoms with van der Waals surface area (Å²) in [6.07, 6.45) is 3.97. The molecule has 2 saturated heterocycles. The van der Waals surface area contributed by atoms with Crippen molar-refractivity contribution in [3.05, 3.63) is 48.8 Å². The van der Waals surface area contributed by atoms with Crippen LogP contribution in [0, 0.1) is 11.8 Å². The summed E-state index contributed by atoms with van der Waals surface area (Å²) in [6, 6.07) is 12.8. The SMILES string of the molecule is CN1CC2CN(c3cncc(-c4ccccc4)c3)CC2C1. The third kappa shape index (κ3) is 2.42. The summed E-state index contributed by atoms with van der Waals surface area (Å²) in [4.78, 5) is 9.44. The summed E-state index contributed by atoms with van der Waals surface area (Å²) >= 11 is 0. The summed E-state index contributed by atoms with van der Waals surface area (Å²) in [6.45, 7) is 4.84. The van der Waals surface area contributed by atoms with E-state index in [-0.39, 0.29) is 0 Å². The molecule has 3 nitrogen and oxygen atoms in total. The lowest BCUT2D eigenvalue weighted by atomic mass is 10.0. The van der Waals surface area contributed by atoms with Gasteiger partial charge in [0.2, 0.25) is 0 Å². The summed E-state index contributed by atoms with van der Waals surface area (Å²) in [5.74, 6) is 1.66. The molecule has 21 heavy (non-hydrogen) atoms. The Morgan fingerprint density at radius 1 is 0.905 bits per heavy atom. The van der Waals surface area contributed by atoms with Crippen molar-refractivity contribution in [1.82, 2.24) is 9.88 Å². The fraction of sp³-hybridized carbons (Fsp3) is 0.389. The highest BCUT2D eigenvalue weighted by Crippen LogP contribution is 2.34. The average molecular weight is 279 g/mol. The van der Waals surface area contributed by atoms with Gasteiger partial charge in [0, 0.05) is 37.9 Å². The highest BCUT2D eigenvalue weighted by molar-refractivity contribution is 5.67. The normalized spacial score (nSPS) is 25.3. The van der Waals surface area contributed by atoms with Crippen LogP contribution in [-0.4, -0.2) is 43.1 Å². The zero-order valence-electron chi connectivity index (χ0n) is 12.4. The molecule has 2 unspecified atom stereocenters. The number of hydrogen-bond acceptors (Lipinski definition) is 3. The summed E-state index contributed by atoms with van der Waals surface area (Å²) in [7, 11) is 2.24. The van der Waals surface area contributed by atoms with Gasteiger partial charge >= 0.3 is 0 Å². The van der Waals surface area contributed by atoms with Crippen molar-refractivity contribution in [3.8, 4) is 11.1 Å². The van der Waals surface area contributed by atoms with Crippen LogP contribution in [0.25, 0.3) is 11.1 Å². The third-order valence-corrected chi connectivity index (χ3v) is 4.86. The molecule has 2 aliphatic rings. The van der Waals surface area contributed by atoms with Crippen molar-refractivity contribution in [2.24, 2.45) is 11.8 Å². The Hall–Kier alpha value is -1.87. The first-order valence-corrected chi connectivity index (χ1v) is 7.73. The van der Waals surface area contributed by atoms with Crippen molar-refractivity contribution >= 4 is 5.69 Å². The van der Waals surface area contributed by atoms with Crippen LogP contribution in [-0.2, 0) is 0 Å². The van der Waals surface area contributed by atoms with E-state index >= 15 is 0 Å². The van der Waals surface area contributed by atoms with E-state index in [1.807, 2.05) is 12.4 Å². The van der Waals surface area contributed by atoms with Gasteiger partial charge in [-0.3, -0.25) is 4.98 Å². The first-order chi connectivity index (χ1) is 10.3. The number of rotatable bonds is 2. The van der Waals surface area contributed by atoms with E-state index in [1.165, 1.54) is 43.0 Å². The number of hydrogen-bond donors (Lipinski definition) is 0. The Labute approximate surface area is 126 Å². The molecule has 3 heteroatoms. The van der Waals surface area contributed by atoms with Crippen molar-refractivity contribution in [2.75, 3.05) is 38.1 Å². The molecule has 0 bridgehead atoms. The maximum atomic E-state index is 4.46. The number of likely N-dealkylation sites (tertiary alicyclic amines) is 1. The lowest BCUT2D eigenvalue weighted by molar-refractivity contribution is 0.387. The number of benzene rings is 1. The van der Waals surface area contributed by atoms with Crippen molar-refractivity contribution < 1.29 is 0 Å². The van der Waals surface area contributed by atoms with E-state index in [4.69, 9.17) is 0 Å². The van der Waals surface area contributed by atoms with Gasteiger partial charge in [-0.25, -0.2) is 0 Å². The molecule has 1 aromatic heterocycles. The van der Waals surface area contributed by atoms with Gasteiger partial charge in [-0.05, 0) is 30.5 Å². The topological polar surface area (TPSA) is 19.4 Å². The van der Waals surface area contributed by atoms with Crippen LogP contribution in [0.15, 0.2) is 48.8 Å². The fourth-order valence-corrected chi connectivity index (χ4v) is 3.83. The number of aromatic nitrogens is 1. The third-order valence-electron chi connectivity index (χ3n) is 4.86. The zero-order valence-corrected chi connectivity index (χ0v) is 12.4. The molecule has 0 spiro atoms. The molecule has 0 N–H and O–H groups in total. The van der Waals surface area contributed by atoms with E-state index < -0.39 is 0 Å². The number of nitrogens with zero attached hydrogens (tertiary/aromatic N) is 3. The first kappa shape index (κ1) is 12.8. The molecule has 0 saturated carbocycles. The minimum Gasteiger partial charge on any atom is -0.370 e. The molecule has 1 aromatic carbocycles. The van der Waals surface area contributed by atoms with Crippen LogP contribution in [0.3, 0.4) is 0 Å². The molecule has 2 aliphatic heterocycles. The van der Waals surface area contributed by atoms with Crippen molar-refractivity contribution in [1.29, 1.82) is 0 Å². The molecule has 2 fully saturated rings. The second-order valence-corrected chi connectivity index (χ2v) is 6.44. The minimum absolute atomic E-state index is 0.829. The highest BCUT2D eigenvalue weighted by atomic mass is 15.2. The van der Waals surface area contributed by atoms with Gasteiger partial charge in [-0.1, -0.05) is 30.3 Å². The molecular formula is C18H21N3. The molecule has 0 amide bonds. The largest absolute Gasteiger partial charge is 0.370 e. The van der Waals surface area contributed by atoms with Crippen LogP contribution in [0.4, 0.5) is 5.69 Å². The van der Waals surface area contributed by atoms with Crippen LogP contribution in [0.5, 0.6) is 0 Å². The Balaban J connectivity index is 1.57. The van der Waals surface area contributed by atoms with Crippen LogP contribution < -0.4 is 4.90 Å². The maximum Gasteiger partial charge on any atom is 0.0559 e. The Kier molecular flexibility index (Phi) is 3.15. The highest BCUT2D eigenvalue weighted by Gasteiger charge is 2.38. The lowest BCUT2D eigenvalue weighted by Gasteiger charge is -2.21. The van der Waals surface area contributed by atoms with Gasteiger partial charge in [0.1, 0.15) is 0 Å². The standard InChI is InChI=1S/C18H21N3/c1-20-10-16-12-21(13-17(16)11-20)18-7-15(8-19-9-18)14-5-3-2-4-6-14/h2-9,16-17H,10-13H2,1H3. The first-order valence-electron chi connectivity index (χ1n) is 7.73. The quantitative estimate of drug-likeness (QED) is 0.842. The molecular weight excluding hydrogens is 258 g/mol. The van der Waals surface area contributed by atoms with E-state index in [0.717, 1.165) is 11.8 Å². The predicted octanol–water partition coefficient (Wildman–Crippen LogP) is 2.75. The zero-order chi connectivity index (χ0) is 14.2. The van der Waals surface area contributed by atoms with Crippen LogP contribution in [0.1, 0.15) is 0 Å². The second-order valence-electron chi connectivity index (χ2n) is 6.44. The summed E-state index contributed by atoms with van der Waals surface area (Å²) < 4.78 is 0. The van der Waals surface area contributed by atoms with Crippen molar-refractivity contribution in [3.63, 3.8) is 0 Å². The van der Waals surface area contributed by atoms with Gasteiger partial charge < -0.3 is 9.80 Å². The maximum absolute atomic E-state index is 4.46. The van der Waals surface area contributed by atoms with Crippen LogP contribution >= 0.6 is 0 Å². The predicted molar refractivity (Wildman–Crippen MR) is 86.4 cm³/mol. The van der Waals surface area contributed by atoms with Crippen LogP contribution in [0.2, 0.25) is 0 Å². The fourth-order valence-electron chi connectivity index (χ4n) is 3.83. The van der Waals surface area contributed by atoms with Gasteiger partial charge in [0.25, 0.3) is 0 Å². The van der Waals surface area contributed by atoms with Gasteiger partial charge in [-0.2, -0.15) is 0 Å². The number of fused-ring (bicyclic) bond motifs is 1. The molecule has 2 aromatic rings. The van der Waals surface area contributed by atoms with E-state index in [9.17, 15) is 0 Å². The monoisotopic (exact) mass is 279 g/mol. The Morgan fingerprint density at radius 3 is 2.33 bits per heavy atom. The Bertz CT molecular complexity index is 611. The molecule has 0 radical (unpaired) electrons. The van der Waals surface area contributed by atoms with Crippen molar-refractivity contribution in [2.45, 2.75) is 0 Å². The second kappa shape index (κ2) is 5.15. The van der Waals surface area contributed by atoms with E-state index in [2.05, 4.69) is 58.2 Å². The van der Waals surface area contributed by atoms with Gasteiger partial charge in [-0.15, -0.1) is 0 Å². The lowest BCUT2D eigenvalue weighted by Crippen LogP contribution is -2.26. The Morgan fingerprint density at radius 2 is 1.62 bits per heavy atom. The number of anilines is 1. The van der Waals surface area contributed by atoms with Gasteiger partial charge in [0.15, 0.2) is 0 Å². The summed E-state index contributed by atoms with van der Waals surface area (Å²) in [5.41, 5.74) is 3.72. The number of pyridine rings is 1. The molecule has 2 atom stereocenters. The smallest absolute Gasteiger partial charge is 0.0559 e. The molecule has 108 valence electrons. The minimum atomic E-state index is 0.829. The van der Waals surface area contributed by atoms with Gasteiger partial charge in [0.05, 0.1) is 11.9 Å². The average Bonchev–Trinajstić information content (AvgIpc) is 3.06. The van der Waals surface area contributed by atoms with E-state index in [0.29, 0.717) is 0 Å². The molecule has 4 rings (SSSR count). The summed E-state index contributed by atoms with van der Waals surface area (Å²) in [5, 5.41) is 0.